The molecule has 2 atom stereocenters. The van der Waals surface area contributed by atoms with E-state index in [2.05, 4.69) is 27.8 Å². The lowest BCUT2D eigenvalue weighted by atomic mass is 10.0. The number of carbonyl (C=O) groups excluding carboxylic acids is 1. The van der Waals surface area contributed by atoms with Crippen LogP contribution in [0.2, 0.25) is 0 Å². The molecule has 0 bridgehead atoms. The van der Waals surface area contributed by atoms with Crippen molar-refractivity contribution in [2.45, 2.75) is 19.4 Å². The minimum absolute atomic E-state index is 0.0273. The van der Waals surface area contributed by atoms with Gasteiger partial charge in [0.25, 0.3) is 0 Å². The molecule has 0 saturated carbocycles. The van der Waals surface area contributed by atoms with Gasteiger partial charge in [0, 0.05) is 6.20 Å². The van der Waals surface area contributed by atoms with Crippen LogP contribution in [0, 0.1) is 5.92 Å². The number of carbonyl (C=O) groups is 1. The van der Waals surface area contributed by atoms with Crippen molar-refractivity contribution < 1.29 is 4.79 Å². The van der Waals surface area contributed by atoms with Gasteiger partial charge in [-0.2, -0.15) is 5.10 Å². The lowest BCUT2D eigenvalue weighted by Crippen LogP contribution is -2.39. The normalized spacial score (nSPS) is 25.1. The summed E-state index contributed by atoms with van der Waals surface area (Å²) in [5, 5.41) is 13.4. The van der Waals surface area contributed by atoms with Crippen molar-refractivity contribution in [3.63, 3.8) is 0 Å². The van der Waals surface area contributed by atoms with Crippen molar-refractivity contribution in [1.29, 1.82) is 0 Å². The Hall–Kier alpha value is -1.49. The summed E-state index contributed by atoms with van der Waals surface area (Å²) in [6.07, 6.45) is 2.62. The van der Waals surface area contributed by atoms with Crippen LogP contribution in [0.15, 0.2) is 18.3 Å². The molecule has 1 aliphatic heterocycles. The molecule has 0 aliphatic carbocycles. The largest absolute Gasteiger partial charge is 0.308 e. The van der Waals surface area contributed by atoms with E-state index in [1.54, 1.807) is 18.3 Å². The predicted octanol–water partition coefficient (Wildman–Crippen LogP) is 0.413. The average molecular weight is 206 g/mol. The summed E-state index contributed by atoms with van der Waals surface area (Å²) in [5.74, 6) is 0.852. The Balaban J connectivity index is 1.98. The third-order valence-corrected chi connectivity index (χ3v) is 2.64. The van der Waals surface area contributed by atoms with Gasteiger partial charge in [-0.1, -0.05) is 6.92 Å². The molecule has 1 fully saturated rings. The Kier molecular flexibility index (Phi) is 2.91. The summed E-state index contributed by atoms with van der Waals surface area (Å²) in [4.78, 5) is 11.8. The van der Waals surface area contributed by atoms with Crippen molar-refractivity contribution in [3.8, 4) is 0 Å². The van der Waals surface area contributed by atoms with Crippen molar-refractivity contribution in [1.82, 2.24) is 15.5 Å². The van der Waals surface area contributed by atoms with Gasteiger partial charge in [-0.25, -0.2) is 0 Å². The maximum atomic E-state index is 11.8. The molecule has 2 heterocycles. The van der Waals surface area contributed by atoms with E-state index in [9.17, 15) is 4.79 Å². The summed E-state index contributed by atoms with van der Waals surface area (Å²) in [5.41, 5.74) is 0. The third kappa shape index (κ3) is 2.30. The fourth-order valence-corrected chi connectivity index (χ4v) is 1.76. The molecule has 0 aromatic carbocycles. The van der Waals surface area contributed by atoms with Crippen LogP contribution < -0.4 is 10.6 Å². The van der Waals surface area contributed by atoms with E-state index in [-0.39, 0.29) is 11.9 Å². The lowest BCUT2D eigenvalue weighted by molar-refractivity contribution is -0.118. The fourth-order valence-electron chi connectivity index (χ4n) is 1.76. The van der Waals surface area contributed by atoms with Gasteiger partial charge in [0.15, 0.2) is 5.82 Å². The van der Waals surface area contributed by atoms with Crippen molar-refractivity contribution in [3.05, 3.63) is 18.3 Å². The molecule has 1 aromatic rings. The molecule has 1 saturated heterocycles. The minimum atomic E-state index is -0.105. The molecule has 2 rings (SSSR count). The van der Waals surface area contributed by atoms with Gasteiger partial charge in [0.1, 0.15) is 0 Å². The number of nitrogens with zero attached hydrogens (tertiary/aromatic N) is 2. The number of hydrogen-bond donors (Lipinski definition) is 2. The van der Waals surface area contributed by atoms with Crippen LogP contribution in [0.5, 0.6) is 0 Å². The Bertz CT molecular complexity index is 341. The highest BCUT2D eigenvalue weighted by molar-refractivity contribution is 5.94. The Morgan fingerprint density at radius 3 is 3.13 bits per heavy atom. The number of rotatable bonds is 2. The van der Waals surface area contributed by atoms with Crippen LogP contribution >= 0.6 is 0 Å². The summed E-state index contributed by atoms with van der Waals surface area (Å²) in [7, 11) is 0. The Labute approximate surface area is 88.3 Å². The summed E-state index contributed by atoms with van der Waals surface area (Å²) < 4.78 is 0. The highest BCUT2D eigenvalue weighted by atomic mass is 16.2. The van der Waals surface area contributed by atoms with Gasteiger partial charge in [-0.05, 0) is 31.0 Å². The average Bonchev–Trinajstić information content (AvgIpc) is 2.66. The SMILES string of the molecule is CC1CCNC1C(=O)Nc1cccnn1. The second kappa shape index (κ2) is 4.35. The van der Waals surface area contributed by atoms with E-state index in [1.807, 2.05) is 0 Å². The second-order valence-electron chi connectivity index (χ2n) is 3.80. The van der Waals surface area contributed by atoms with Gasteiger partial charge in [-0.3, -0.25) is 4.79 Å². The topological polar surface area (TPSA) is 66.9 Å². The van der Waals surface area contributed by atoms with Crippen molar-refractivity contribution in [2.24, 2.45) is 5.92 Å². The summed E-state index contributed by atoms with van der Waals surface area (Å²) in [6.45, 7) is 2.97. The van der Waals surface area contributed by atoms with E-state index in [4.69, 9.17) is 0 Å². The van der Waals surface area contributed by atoms with Crippen LogP contribution in [0.3, 0.4) is 0 Å². The smallest absolute Gasteiger partial charge is 0.242 e. The number of amides is 1. The van der Waals surface area contributed by atoms with Crippen LogP contribution in [0.25, 0.3) is 0 Å². The molecule has 1 aromatic heterocycles. The van der Waals surface area contributed by atoms with Gasteiger partial charge in [-0.15, -0.1) is 5.10 Å². The van der Waals surface area contributed by atoms with Gasteiger partial charge < -0.3 is 10.6 Å². The van der Waals surface area contributed by atoms with Gasteiger partial charge in [0.2, 0.25) is 5.91 Å². The molecule has 5 heteroatoms. The van der Waals surface area contributed by atoms with Crippen molar-refractivity contribution in [2.75, 3.05) is 11.9 Å². The number of aromatic nitrogens is 2. The number of nitrogens with one attached hydrogen (secondary N) is 2. The maximum Gasteiger partial charge on any atom is 0.242 e. The van der Waals surface area contributed by atoms with Gasteiger partial charge >= 0.3 is 0 Å². The predicted molar refractivity (Wildman–Crippen MR) is 56.2 cm³/mol. The first-order chi connectivity index (χ1) is 7.27. The van der Waals surface area contributed by atoms with E-state index < -0.39 is 0 Å². The fraction of sp³-hybridized carbons (Fsp3) is 0.500. The Morgan fingerprint density at radius 1 is 1.67 bits per heavy atom. The quantitative estimate of drug-likeness (QED) is 0.735. The standard InChI is InChI=1S/C10H14N4O/c1-7-4-6-11-9(7)10(15)13-8-3-2-5-12-14-8/h2-3,5,7,9,11H,4,6H2,1H3,(H,13,14,15). The molecule has 5 nitrogen and oxygen atoms in total. The zero-order valence-electron chi connectivity index (χ0n) is 8.60. The minimum Gasteiger partial charge on any atom is -0.308 e. The third-order valence-electron chi connectivity index (χ3n) is 2.64. The van der Waals surface area contributed by atoms with Crippen LogP contribution in [-0.2, 0) is 4.79 Å². The molecule has 1 aliphatic rings. The number of hydrogen-bond acceptors (Lipinski definition) is 4. The summed E-state index contributed by atoms with van der Waals surface area (Å²) >= 11 is 0. The molecular formula is C10H14N4O. The molecule has 2 unspecified atom stereocenters. The molecule has 1 amide bonds. The van der Waals surface area contributed by atoms with Crippen LogP contribution in [0.1, 0.15) is 13.3 Å². The summed E-state index contributed by atoms with van der Waals surface area (Å²) in [6, 6.07) is 3.37. The highest BCUT2D eigenvalue weighted by Gasteiger charge is 2.29. The molecular weight excluding hydrogens is 192 g/mol. The first-order valence-electron chi connectivity index (χ1n) is 5.09. The van der Waals surface area contributed by atoms with Crippen LogP contribution in [-0.4, -0.2) is 28.7 Å². The molecule has 0 spiro atoms. The molecule has 80 valence electrons. The second-order valence-corrected chi connectivity index (χ2v) is 3.80. The monoisotopic (exact) mass is 206 g/mol. The van der Waals surface area contributed by atoms with E-state index >= 15 is 0 Å². The van der Waals surface area contributed by atoms with Crippen molar-refractivity contribution >= 4 is 11.7 Å². The first kappa shape index (κ1) is 10.0. The molecule has 15 heavy (non-hydrogen) atoms. The van der Waals surface area contributed by atoms with E-state index in [1.165, 1.54) is 0 Å². The zero-order valence-corrected chi connectivity index (χ0v) is 8.60. The zero-order chi connectivity index (χ0) is 10.7. The number of anilines is 1. The molecule has 0 radical (unpaired) electrons. The highest BCUT2D eigenvalue weighted by Crippen LogP contribution is 2.15. The van der Waals surface area contributed by atoms with E-state index in [0.29, 0.717) is 11.7 Å². The lowest BCUT2D eigenvalue weighted by Gasteiger charge is -2.14. The Morgan fingerprint density at radius 2 is 2.53 bits per heavy atom. The van der Waals surface area contributed by atoms with Gasteiger partial charge in [0.05, 0.1) is 6.04 Å². The van der Waals surface area contributed by atoms with Crippen LogP contribution in [0.4, 0.5) is 5.82 Å². The maximum absolute atomic E-state index is 11.8. The first-order valence-corrected chi connectivity index (χ1v) is 5.09. The molecule has 2 N–H and O–H groups in total. The van der Waals surface area contributed by atoms with E-state index in [0.717, 1.165) is 13.0 Å².